The molecule has 1 N–H and O–H groups in total. The summed E-state index contributed by atoms with van der Waals surface area (Å²) < 4.78 is 40.8. The molecule has 0 bridgehead atoms. The van der Waals surface area contributed by atoms with Gasteiger partial charge in [0.25, 0.3) is 5.91 Å². The highest BCUT2D eigenvalue weighted by Crippen LogP contribution is 2.23. The Morgan fingerprint density at radius 1 is 0.628 bits per heavy atom. The van der Waals surface area contributed by atoms with Crippen molar-refractivity contribution in [2.45, 2.75) is 50.8 Å². The first-order valence-corrected chi connectivity index (χ1v) is 14.2. The molecule has 4 aromatic rings. The van der Waals surface area contributed by atoms with Crippen molar-refractivity contribution in [2.75, 3.05) is 20.7 Å². The van der Waals surface area contributed by atoms with E-state index in [4.69, 9.17) is 21.7 Å². The molecule has 7 heteroatoms. The van der Waals surface area contributed by atoms with Crippen LogP contribution in [-0.2, 0) is 50.2 Å². The molecular formula is C36H41NO6. The van der Waals surface area contributed by atoms with Gasteiger partial charge in [-0.25, -0.2) is 0 Å². The lowest BCUT2D eigenvalue weighted by molar-refractivity contribution is -0.195. The average Bonchev–Trinajstić information content (AvgIpc) is 3.09. The monoisotopic (exact) mass is 585 g/mol. The van der Waals surface area contributed by atoms with E-state index in [9.17, 15) is 9.90 Å². The van der Waals surface area contributed by atoms with E-state index in [1.165, 1.54) is 0 Å². The molecule has 4 rings (SSSR count). The van der Waals surface area contributed by atoms with Crippen LogP contribution in [-0.4, -0.2) is 61.0 Å². The lowest BCUT2D eigenvalue weighted by Crippen LogP contribution is -2.54. The van der Waals surface area contributed by atoms with Crippen molar-refractivity contribution in [3.63, 3.8) is 0 Å². The van der Waals surface area contributed by atoms with Gasteiger partial charge in [0.05, 0.1) is 33.0 Å². The molecule has 1 amide bonds. The fourth-order valence-corrected chi connectivity index (χ4v) is 4.53. The van der Waals surface area contributed by atoms with E-state index in [-0.39, 0.29) is 33.0 Å². The molecule has 0 radical (unpaired) electrons. The minimum Gasteiger partial charge on any atom is -0.388 e. The minimum absolute atomic E-state index is 0.0677. The van der Waals surface area contributed by atoms with Crippen molar-refractivity contribution in [1.82, 2.24) is 4.90 Å². The summed E-state index contributed by atoms with van der Waals surface area (Å²) in [5, 5.41) is 11.6. The SMILES string of the molecule is [2H]CN(C[2H])C(=O)[C@H](OCc1ccccc1)[C@@H](OCc1ccccc1)[C@H](OCc1ccccc1)[C@H](O)COCc1ccccc1. The summed E-state index contributed by atoms with van der Waals surface area (Å²) in [5.41, 5.74) is 3.50. The van der Waals surface area contributed by atoms with Crippen LogP contribution < -0.4 is 0 Å². The van der Waals surface area contributed by atoms with E-state index in [1.807, 2.05) is 121 Å². The van der Waals surface area contributed by atoms with Crippen molar-refractivity contribution < 1.29 is 31.6 Å². The Bertz CT molecular complexity index is 1360. The maximum Gasteiger partial charge on any atom is 0.254 e. The molecule has 0 fully saturated rings. The largest absolute Gasteiger partial charge is 0.388 e. The first kappa shape index (κ1) is 29.2. The lowest BCUT2D eigenvalue weighted by atomic mass is 10.0. The van der Waals surface area contributed by atoms with E-state index < -0.39 is 44.4 Å². The number of amides is 1. The Morgan fingerprint density at radius 3 is 1.47 bits per heavy atom. The first-order chi connectivity index (χ1) is 22.1. The highest BCUT2D eigenvalue weighted by atomic mass is 16.6. The third kappa shape index (κ3) is 10.4. The molecule has 0 aliphatic rings. The standard InChI is InChI=1S/C36H41NO6/c1-37(2)36(39)35(43-26-31-21-13-6-14-22-31)34(42-25-30-19-11-5-12-20-30)33(41-24-29-17-9-4-10-18-29)32(38)27-40-23-28-15-7-3-8-16-28/h3-22,32-35,38H,23-27H2,1-2H3/t32-,33-,34+,35-/m1/s1/i1D,2D. The molecule has 0 heterocycles. The zero-order chi connectivity index (χ0) is 31.7. The molecule has 226 valence electrons. The van der Waals surface area contributed by atoms with Crippen molar-refractivity contribution in [3.8, 4) is 0 Å². The molecule has 0 aliphatic carbocycles. The van der Waals surface area contributed by atoms with Gasteiger partial charge in [-0.15, -0.1) is 0 Å². The zero-order valence-electron chi connectivity index (χ0n) is 26.2. The van der Waals surface area contributed by atoms with E-state index in [2.05, 4.69) is 0 Å². The van der Waals surface area contributed by atoms with Crippen LogP contribution >= 0.6 is 0 Å². The number of carbonyl (C=O) groups excluding carboxylic acids is 1. The van der Waals surface area contributed by atoms with Gasteiger partial charge in [-0.2, -0.15) is 0 Å². The quantitative estimate of drug-likeness (QED) is 0.179. The van der Waals surface area contributed by atoms with E-state index in [1.54, 1.807) is 0 Å². The number of benzene rings is 4. The number of hydrogen-bond donors (Lipinski definition) is 1. The highest BCUT2D eigenvalue weighted by molar-refractivity contribution is 5.81. The van der Waals surface area contributed by atoms with Crippen LogP contribution in [0.3, 0.4) is 0 Å². The van der Waals surface area contributed by atoms with Gasteiger partial charge < -0.3 is 29.0 Å². The fourth-order valence-electron chi connectivity index (χ4n) is 4.53. The Balaban J connectivity index is 1.66. The van der Waals surface area contributed by atoms with E-state index in [0.29, 0.717) is 0 Å². The lowest BCUT2D eigenvalue weighted by Gasteiger charge is -2.36. The summed E-state index contributed by atoms with van der Waals surface area (Å²) in [6.45, 7) is 0.483. The zero-order valence-corrected chi connectivity index (χ0v) is 24.2. The van der Waals surface area contributed by atoms with Gasteiger partial charge in [0, 0.05) is 16.8 Å². The summed E-state index contributed by atoms with van der Waals surface area (Å²) in [6, 6.07) is 38.0. The van der Waals surface area contributed by atoms with Crippen LogP contribution in [0.25, 0.3) is 0 Å². The molecule has 0 aliphatic heterocycles. The van der Waals surface area contributed by atoms with Gasteiger partial charge >= 0.3 is 0 Å². The smallest absolute Gasteiger partial charge is 0.254 e. The second-order valence-corrected chi connectivity index (χ2v) is 10.2. The molecule has 0 saturated heterocycles. The number of likely N-dealkylation sites (N-methyl/N-ethyl adjacent to an activating group) is 1. The molecule has 4 atom stereocenters. The summed E-state index contributed by atoms with van der Waals surface area (Å²) in [5.74, 6) is -0.597. The number of hydrogen-bond acceptors (Lipinski definition) is 6. The molecule has 0 aromatic heterocycles. The number of aliphatic hydroxyl groups excluding tert-OH is 1. The number of nitrogens with zero attached hydrogens (tertiary/aromatic N) is 1. The van der Waals surface area contributed by atoms with E-state index in [0.717, 1.165) is 27.2 Å². The van der Waals surface area contributed by atoms with Gasteiger partial charge in [-0.1, -0.05) is 121 Å². The highest BCUT2D eigenvalue weighted by Gasteiger charge is 2.41. The fraction of sp³-hybridized carbons (Fsp3) is 0.306. The predicted molar refractivity (Wildman–Crippen MR) is 166 cm³/mol. The van der Waals surface area contributed by atoms with Gasteiger partial charge in [0.1, 0.15) is 18.3 Å². The number of aliphatic hydroxyl groups is 1. The Kier molecular flexibility index (Phi) is 11.8. The molecule has 4 aromatic carbocycles. The number of carbonyl (C=O) groups is 1. The van der Waals surface area contributed by atoms with Crippen molar-refractivity contribution >= 4 is 5.91 Å². The third-order valence-electron chi connectivity index (χ3n) is 6.80. The van der Waals surface area contributed by atoms with Crippen LogP contribution in [0.15, 0.2) is 121 Å². The van der Waals surface area contributed by atoms with Crippen LogP contribution in [0.5, 0.6) is 0 Å². The summed E-state index contributed by atoms with van der Waals surface area (Å²) in [4.78, 5) is 14.9. The van der Waals surface area contributed by atoms with Crippen LogP contribution in [0, 0.1) is 0 Å². The average molecular weight is 586 g/mol. The van der Waals surface area contributed by atoms with Gasteiger partial charge in [0.2, 0.25) is 0 Å². The Hall–Kier alpha value is -3.85. The maximum absolute atomic E-state index is 13.9. The molecule has 43 heavy (non-hydrogen) atoms. The third-order valence-corrected chi connectivity index (χ3v) is 6.80. The second-order valence-electron chi connectivity index (χ2n) is 10.2. The summed E-state index contributed by atoms with van der Waals surface area (Å²) >= 11 is 0. The van der Waals surface area contributed by atoms with Crippen molar-refractivity contribution in [1.29, 1.82) is 0 Å². The van der Waals surface area contributed by atoms with Crippen molar-refractivity contribution in [3.05, 3.63) is 144 Å². The predicted octanol–water partition coefficient (Wildman–Crippen LogP) is 5.41. The molecule has 0 saturated carbocycles. The van der Waals surface area contributed by atoms with Gasteiger partial charge in [-0.3, -0.25) is 4.79 Å². The summed E-state index contributed by atoms with van der Waals surface area (Å²) in [7, 11) is -0.867. The molecular weight excluding hydrogens is 542 g/mol. The maximum atomic E-state index is 13.9. The van der Waals surface area contributed by atoms with Crippen molar-refractivity contribution in [2.24, 2.45) is 0 Å². The number of ether oxygens (including phenoxy) is 4. The van der Waals surface area contributed by atoms with Crippen LogP contribution in [0.2, 0.25) is 0 Å². The topological polar surface area (TPSA) is 77.5 Å². The first-order valence-electron chi connectivity index (χ1n) is 15.6. The van der Waals surface area contributed by atoms with Gasteiger partial charge in [-0.05, 0) is 22.3 Å². The molecule has 7 nitrogen and oxygen atoms in total. The van der Waals surface area contributed by atoms with Crippen LogP contribution in [0.4, 0.5) is 0 Å². The van der Waals surface area contributed by atoms with Gasteiger partial charge in [0.15, 0.2) is 6.10 Å². The minimum atomic E-state index is -1.30. The summed E-state index contributed by atoms with van der Waals surface area (Å²) in [6.07, 6.45) is -4.71. The Labute approximate surface area is 257 Å². The molecule has 0 spiro atoms. The number of rotatable bonds is 17. The molecule has 0 unspecified atom stereocenters. The second kappa shape index (κ2) is 17.3. The normalized spacial score (nSPS) is 14.6. The van der Waals surface area contributed by atoms with Crippen LogP contribution in [0.1, 0.15) is 25.0 Å². The van der Waals surface area contributed by atoms with E-state index >= 15 is 0 Å². The Morgan fingerprint density at radius 2 is 1.02 bits per heavy atom.